The molecule has 0 bridgehead atoms. The molecule has 0 spiro atoms. The van der Waals surface area contributed by atoms with Gasteiger partial charge in [-0.25, -0.2) is 0 Å². The third-order valence-electron chi connectivity index (χ3n) is 4.32. The molecule has 128 valence electrons. The van der Waals surface area contributed by atoms with Crippen LogP contribution in [0.25, 0.3) is 10.8 Å². The summed E-state index contributed by atoms with van der Waals surface area (Å²) in [5.74, 6) is 0.759. The SMILES string of the molecule is Cc1ccc(Nc2nnc(Cc3ccncc3)c3ccccc23)cc1Br. The van der Waals surface area contributed by atoms with Gasteiger partial charge in [-0.1, -0.05) is 46.3 Å². The van der Waals surface area contributed by atoms with E-state index in [1.807, 2.05) is 30.3 Å². The quantitative estimate of drug-likeness (QED) is 0.492. The van der Waals surface area contributed by atoms with Crippen molar-refractivity contribution in [3.05, 3.63) is 88.3 Å². The number of rotatable bonds is 4. The van der Waals surface area contributed by atoms with Crippen molar-refractivity contribution in [1.82, 2.24) is 15.2 Å². The standard InChI is InChI=1S/C21H17BrN4/c1-14-6-7-16(13-19(14)22)24-21-18-5-3-2-4-17(18)20(25-26-21)12-15-8-10-23-11-9-15/h2-11,13H,12H2,1H3,(H,24,26). The maximum absolute atomic E-state index is 4.49. The molecule has 2 aromatic heterocycles. The summed E-state index contributed by atoms with van der Waals surface area (Å²) in [7, 11) is 0. The predicted octanol–water partition coefficient (Wildman–Crippen LogP) is 5.43. The maximum atomic E-state index is 4.49. The van der Waals surface area contributed by atoms with Gasteiger partial charge in [-0.3, -0.25) is 4.98 Å². The van der Waals surface area contributed by atoms with Crippen LogP contribution in [-0.4, -0.2) is 15.2 Å². The minimum Gasteiger partial charge on any atom is -0.338 e. The molecule has 0 fully saturated rings. The molecular weight excluding hydrogens is 388 g/mol. The molecule has 0 saturated heterocycles. The molecule has 0 radical (unpaired) electrons. The summed E-state index contributed by atoms with van der Waals surface area (Å²) in [6, 6.07) is 18.4. The zero-order valence-electron chi connectivity index (χ0n) is 14.3. The number of aromatic nitrogens is 3. The van der Waals surface area contributed by atoms with E-state index in [9.17, 15) is 0 Å². The van der Waals surface area contributed by atoms with Crippen LogP contribution >= 0.6 is 15.9 Å². The van der Waals surface area contributed by atoms with E-state index in [0.29, 0.717) is 0 Å². The van der Waals surface area contributed by atoms with Gasteiger partial charge in [0.25, 0.3) is 0 Å². The van der Waals surface area contributed by atoms with E-state index in [1.165, 1.54) is 11.1 Å². The van der Waals surface area contributed by atoms with Gasteiger partial charge in [0, 0.05) is 39.7 Å². The molecule has 0 saturated carbocycles. The second-order valence-electron chi connectivity index (χ2n) is 6.16. The molecule has 0 aliphatic heterocycles. The van der Waals surface area contributed by atoms with Crippen LogP contribution in [0.15, 0.2) is 71.5 Å². The molecule has 0 amide bonds. The molecule has 2 heterocycles. The highest BCUT2D eigenvalue weighted by atomic mass is 79.9. The molecule has 1 N–H and O–H groups in total. The first-order valence-electron chi connectivity index (χ1n) is 8.37. The van der Waals surface area contributed by atoms with E-state index in [1.54, 1.807) is 12.4 Å². The average molecular weight is 405 g/mol. The normalized spacial score (nSPS) is 10.8. The summed E-state index contributed by atoms with van der Waals surface area (Å²) >= 11 is 3.58. The second-order valence-corrected chi connectivity index (χ2v) is 7.02. The number of aryl methyl sites for hydroxylation is 1. The van der Waals surface area contributed by atoms with E-state index in [-0.39, 0.29) is 0 Å². The third-order valence-corrected chi connectivity index (χ3v) is 5.17. The largest absolute Gasteiger partial charge is 0.338 e. The van der Waals surface area contributed by atoms with Crippen molar-refractivity contribution in [2.24, 2.45) is 0 Å². The van der Waals surface area contributed by atoms with Crippen LogP contribution in [0.1, 0.15) is 16.8 Å². The van der Waals surface area contributed by atoms with Crippen molar-refractivity contribution in [2.45, 2.75) is 13.3 Å². The molecule has 0 atom stereocenters. The minimum atomic E-state index is 0.729. The first kappa shape index (κ1) is 16.7. The number of nitrogens with zero attached hydrogens (tertiary/aromatic N) is 3. The lowest BCUT2D eigenvalue weighted by Crippen LogP contribution is -2.02. The monoisotopic (exact) mass is 404 g/mol. The van der Waals surface area contributed by atoms with Crippen LogP contribution in [0.3, 0.4) is 0 Å². The van der Waals surface area contributed by atoms with E-state index < -0.39 is 0 Å². The topological polar surface area (TPSA) is 50.7 Å². The third kappa shape index (κ3) is 3.44. The van der Waals surface area contributed by atoms with Gasteiger partial charge < -0.3 is 5.32 Å². The van der Waals surface area contributed by atoms with Crippen LogP contribution in [0.2, 0.25) is 0 Å². The van der Waals surface area contributed by atoms with E-state index in [0.717, 1.165) is 38.9 Å². The van der Waals surface area contributed by atoms with Crippen LogP contribution in [0.5, 0.6) is 0 Å². The first-order chi connectivity index (χ1) is 12.7. The maximum Gasteiger partial charge on any atom is 0.160 e. The van der Waals surface area contributed by atoms with Gasteiger partial charge in [-0.05, 0) is 42.3 Å². The lowest BCUT2D eigenvalue weighted by Gasteiger charge is -2.12. The van der Waals surface area contributed by atoms with E-state index in [4.69, 9.17) is 0 Å². The Morgan fingerprint density at radius 2 is 1.69 bits per heavy atom. The molecule has 0 aliphatic carbocycles. The minimum absolute atomic E-state index is 0.729. The fourth-order valence-corrected chi connectivity index (χ4v) is 3.26. The van der Waals surface area contributed by atoms with Crippen molar-refractivity contribution in [3.8, 4) is 0 Å². The molecule has 4 aromatic rings. The van der Waals surface area contributed by atoms with Crippen LogP contribution in [0, 0.1) is 6.92 Å². The molecule has 4 rings (SSSR count). The van der Waals surface area contributed by atoms with Gasteiger partial charge in [0.05, 0.1) is 5.69 Å². The van der Waals surface area contributed by atoms with Gasteiger partial charge in [-0.15, -0.1) is 5.10 Å². The fraction of sp³-hybridized carbons (Fsp3) is 0.0952. The summed E-state index contributed by atoms with van der Waals surface area (Å²) in [5, 5.41) is 14.5. The van der Waals surface area contributed by atoms with Crippen molar-refractivity contribution in [3.63, 3.8) is 0 Å². The average Bonchev–Trinajstić information content (AvgIpc) is 2.67. The Morgan fingerprint density at radius 1 is 0.923 bits per heavy atom. The number of benzene rings is 2. The number of hydrogen-bond acceptors (Lipinski definition) is 4. The van der Waals surface area contributed by atoms with E-state index in [2.05, 4.69) is 67.6 Å². The summed E-state index contributed by atoms with van der Waals surface area (Å²) < 4.78 is 1.06. The Balaban J connectivity index is 1.73. The Kier molecular flexibility index (Phi) is 4.63. The lowest BCUT2D eigenvalue weighted by atomic mass is 10.0. The predicted molar refractivity (Wildman–Crippen MR) is 109 cm³/mol. The van der Waals surface area contributed by atoms with E-state index >= 15 is 0 Å². The Labute approximate surface area is 160 Å². The Hall–Kier alpha value is -2.79. The summed E-state index contributed by atoms with van der Waals surface area (Å²) in [5.41, 5.74) is 4.30. The molecule has 26 heavy (non-hydrogen) atoms. The van der Waals surface area contributed by atoms with Gasteiger partial charge in [0.15, 0.2) is 5.82 Å². The lowest BCUT2D eigenvalue weighted by molar-refractivity contribution is 0.960. The van der Waals surface area contributed by atoms with Crippen LogP contribution in [-0.2, 0) is 6.42 Å². The van der Waals surface area contributed by atoms with Gasteiger partial charge in [-0.2, -0.15) is 5.10 Å². The van der Waals surface area contributed by atoms with Crippen LogP contribution in [0.4, 0.5) is 11.5 Å². The van der Waals surface area contributed by atoms with Crippen molar-refractivity contribution in [2.75, 3.05) is 5.32 Å². The molecule has 5 heteroatoms. The fourth-order valence-electron chi connectivity index (χ4n) is 2.88. The molecular formula is C21H17BrN4. The number of pyridine rings is 1. The number of nitrogens with one attached hydrogen (secondary N) is 1. The van der Waals surface area contributed by atoms with Crippen molar-refractivity contribution < 1.29 is 0 Å². The number of anilines is 2. The first-order valence-corrected chi connectivity index (χ1v) is 9.16. The molecule has 0 aliphatic rings. The highest BCUT2D eigenvalue weighted by molar-refractivity contribution is 9.10. The Morgan fingerprint density at radius 3 is 2.46 bits per heavy atom. The number of halogens is 1. The smallest absolute Gasteiger partial charge is 0.160 e. The summed E-state index contributed by atoms with van der Waals surface area (Å²) in [6.45, 7) is 2.07. The zero-order valence-corrected chi connectivity index (χ0v) is 15.9. The summed E-state index contributed by atoms with van der Waals surface area (Å²) in [4.78, 5) is 4.07. The van der Waals surface area contributed by atoms with Crippen LogP contribution < -0.4 is 5.32 Å². The van der Waals surface area contributed by atoms with Crippen molar-refractivity contribution >= 4 is 38.2 Å². The van der Waals surface area contributed by atoms with Gasteiger partial charge in [0.1, 0.15) is 0 Å². The number of hydrogen-bond donors (Lipinski definition) is 1. The summed E-state index contributed by atoms with van der Waals surface area (Å²) in [6.07, 6.45) is 4.33. The molecule has 2 aromatic carbocycles. The van der Waals surface area contributed by atoms with Gasteiger partial charge in [0.2, 0.25) is 0 Å². The van der Waals surface area contributed by atoms with Gasteiger partial charge >= 0.3 is 0 Å². The highest BCUT2D eigenvalue weighted by Crippen LogP contribution is 2.28. The highest BCUT2D eigenvalue weighted by Gasteiger charge is 2.10. The number of fused-ring (bicyclic) bond motifs is 1. The Bertz CT molecular complexity index is 1060. The molecule has 4 nitrogen and oxygen atoms in total. The molecule has 0 unspecified atom stereocenters. The zero-order chi connectivity index (χ0) is 17.9. The van der Waals surface area contributed by atoms with Crippen molar-refractivity contribution in [1.29, 1.82) is 0 Å². The second kappa shape index (κ2) is 7.22.